The standard InChI is InChI=1S/C18H23F3N2O2/c1-22(17(24)14-6-7-14)15-3-2-10-23(12-15)11-13-4-8-16(9-5-13)25-18(19,20)21/h4-5,8-9,14-15H,2-3,6-7,10-12H2,1H3. The second-order valence-electron chi connectivity index (χ2n) is 6.95. The van der Waals surface area contributed by atoms with E-state index in [0.29, 0.717) is 6.54 Å². The summed E-state index contributed by atoms with van der Waals surface area (Å²) < 4.78 is 40.5. The zero-order chi connectivity index (χ0) is 18.0. The summed E-state index contributed by atoms with van der Waals surface area (Å²) in [7, 11) is 1.89. The topological polar surface area (TPSA) is 32.8 Å². The molecule has 1 saturated heterocycles. The first-order valence-electron chi connectivity index (χ1n) is 8.65. The molecule has 138 valence electrons. The molecule has 1 unspecified atom stereocenters. The SMILES string of the molecule is CN(C(=O)C1CC1)C1CCCN(Cc2ccc(OC(F)(F)F)cc2)C1. The molecule has 1 aliphatic carbocycles. The molecule has 1 atom stereocenters. The van der Waals surface area contributed by atoms with Crippen molar-refractivity contribution in [2.75, 3.05) is 20.1 Å². The van der Waals surface area contributed by atoms with Gasteiger partial charge < -0.3 is 9.64 Å². The number of hydrogen-bond acceptors (Lipinski definition) is 3. The molecule has 1 aromatic rings. The Morgan fingerprint density at radius 3 is 2.52 bits per heavy atom. The summed E-state index contributed by atoms with van der Waals surface area (Å²) in [5.74, 6) is 0.268. The lowest BCUT2D eigenvalue weighted by Gasteiger charge is -2.37. The van der Waals surface area contributed by atoms with Crippen molar-refractivity contribution >= 4 is 5.91 Å². The molecule has 1 heterocycles. The lowest BCUT2D eigenvalue weighted by molar-refractivity contribution is -0.274. The highest BCUT2D eigenvalue weighted by atomic mass is 19.4. The summed E-state index contributed by atoms with van der Waals surface area (Å²) in [4.78, 5) is 16.4. The molecular formula is C18H23F3N2O2. The van der Waals surface area contributed by atoms with Crippen molar-refractivity contribution in [1.29, 1.82) is 0 Å². The number of alkyl halides is 3. The molecule has 4 nitrogen and oxygen atoms in total. The van der Waals surface area contributed by atoms with E-state index in [1.54, 1.807) is 12.1 Å². The minimum absolute atomic E-state index is 0.206. The Hall–Kier alpha value is -1.76. The number of benzene rings is 1. The van der Waals surface area contributed by atoms with E-state index in [4.69, 9.17) is 0 Å². The van der Waals surface area contributed by atoms with Crippen LogP contribution < -0.4 is 4.74 Å². The van der Waals surface area contributed by atoms with E-state index in [0.717, 1.165) is 44.3 Å². The van der Waals surface area contributed by atoms with Gasteiger partial charge in [0.25, 0.3) is 0 Å². The van der Waals surface area contributed by atoms with Gasteiger partial charge in [-0.15, -0.1) is 13.2 Å². The van der Waals surface area contributed by atoms with Crippen molar-refractivity contribution in [3.05, 3.63) is 29.8 Å². The maximum atomic E-state index is 12.2. The molecule has 2 fully saturated rings. The highest BCUT2D eigenvalue weighted by Gasteiger charge is 2.35. The normalized spacial score (nSPS) is 21.8. The Kier molecular flexibility index (Phi) is 5.22. The van der Waals surface area contributed by atoms with Gasteiger partial charge in [-0.2, -0.15) is 0 Å². The quantitative estimate of drug-likeness (QED) is 0.810. The number of rotatable bonds is 5. The van der Waals surface area contributed by atoms with E-state index in [1.165, 1.54) is 12.1 Å². The van der Waals surface area contributed by atoms with Crippen molar-refractivity contribution in [2.45, 2.75) is 44.6 Å². The minimum Gasteiger partial charge on any atom is -0.406 e. The summed E-state index contributed by atoms with van der Waals surface area (Å²) in [6.45, 7) is 2.40. The number of amides is 1. The van der Waals surface area contributed by atoms with Gasteiger partial charge in [0.1, 0.15) is 5.75 Å². The van der Waals surface area contributed by atoms with Gasteiger partial charge in [0.05, 0.1) is 0 Å². The number of likely N-dealkylation sites (N-methyl/N-ethyl adjacent to an activating group) is 1. The molecule has 1 aliphatic heterocycles. The first kappa shape index (κ1) is 18.0. The third-order valence-corrected chi connectivity index (χ3v) is 4.87. The number of piperidine rings is 1. The van der Waals surface area contributed by atoms with E-state index in [2.05, 4.69) is 9.64 Å². The molecule has 7 heteroatoms. The monoisotopic (exact) mass is 356 g/mol. The Labute approximate surface area is 145 Å². The van der Waals surface area contributed by atoms with Crippen LogP contribution in [0.5, 0.6) is 5.75 Å². The van der Waals surface area contributed by atoms with Crippen molar-refractivity contribution < 1.29 is 22.7 Å². The average molecular weight is 356 g/mol. The predicted octanol–water partition coefficient (Wildman–Crippen LogP) is 3.42. The number of ether oxygens (including phenoxy) is 1. The number of carbonyl (C=O) groups is 1. The van der Waals surface area contributed by atoms with Gasteiger partial charge in [-0.3, -0.25) is 9.69 Å². The van der Waals surface area contributed by atoms with Gasteiger partial charge in [0, 0.05) is 32.1 Å². The van der Waals surface area contributed by atoms with Crippen LogP contribution in [0.15, 0.2) is 24.3 Å². The largest absolute Gasteiger partial charge is 0.573 e. The van der Waals surface area contributed by atoms with Crippen LogP contribution in [0, 0.1) is 5.92 Å². The molecule has 1 aromatic carbocycles. The van der Waals surface area contributed by atoms with Gasteiger partial charge in [-0.1, -0.05) is 12.1 Å². The fourth-order valence-corrected chi connectivity index (χ4v) is 3.34. The van der Waals surface area contributed by atoms with Crippen LogP contribution in [0.4, 0.5) is 13.2 Å². The van der Waals surface area contributed by atoms with Gasteiger partial charge in [-0.25, -0.2) is 0 Å². The van der Waals surface area contributed by atoms with E-state index >= 15 is 0 Å². The van der Waals surface area contributed by atoms with Crippen LogP contribution in [0.2, 0.25) is 0 Å². The third-order valence-electron chi connectivity index (χ3n) is 4.87. The number of carbonyl (C=O) groups excluding carboxylic acids is 1. The summed E-state index contributed by atoms with van der Waals surface area (Å²) in [6, 6.07) is 6.21. The second-order valence-corrected chi connectivity index (χ2v) is 6.95. The average Bonchev–Trinajstić information content (AvgIpc) is 3.39. The molecule has 2 aliphatic rings. The molecule has 0 aromatic heterocycles. The molecule has 0 spiro atoms. The number of hydrogen-bond donors (Lipinski definition) is 0. The number of nitrogens with zero attached hydrogens (tertiary/aromatic N) is 2. The molecule has 0 bridgehead atoms. The zero-order valence-corrected chi connectivity index (χ0v) is 14.3. The van der Waals surface area contributed by atoms with E-state index < -0.39 is 6.36 Å². The predicted molar refractivity (Wildman–Crippen MR) is 86.9 cm³/mol. The molecule has 25 heavy (non-hydrogen) atoms. The maximum absolute atomic E-state index is 12.2. The first-order valence-corrected chi connectivity index (χ1v) is 8.65. The molecule has 0 N–H and O–H groups in total. The summed E-state index contributed by atoms with van der Waals surface area (Å²) >= 11 is 0. The Morgan fingerprint density at radius 1 is 1.24 bits per heavy atom. The van der Waals surface area contributed by atoms with Gasteiger partial charge in [0.2, 0.25) is 5.91 Å². The first-order chi connectivity index (χ1) is 11.8. The second kappa shape index (κ2) is 7.23. The van der Waals surface area contributed by atoms with Crippen LogP contribution in [0.3, 0.4) is 0 Å². The van der Waals surface area contributed by atoms with Gasteiger partial charge in [0.15, 0.2) is 0 Å². The molecule has 1 amide bonds. The maximum Gasteiger partial charge on any atom is 0.573 e. The van der Waals surface area contributed by atoms with Crippen LogP contribution in [-0.2, 0) is 11.3 Å². The fraction of sp³-hybridized carbons (Fsp3) is 0.611. The fourth-order valence-electron chi connectivity index (χ4n) is 3.34. The van der Waals surface area contributed by atoms with Gasteiger partial charge >= 0.3 is 6.36 Å². The highest BCUT2D eigenvalue weighted by molar-refractivity contribution is 5.81. The Morgan fingerprint density at radius 2 is 1.92 bits per heavy atom. The van der Waals surface area contributed by atoms with E-state index in [-0.39, 0.29) is 23.6 Å². The lowest BCUT2D eigenvalue weighted by Crippen LogP contribution is -2.48. The summed E-state index contributed by atoms with van der Waals surface area (Å²) in [5, 5.41) is 0. The van der Waals surface area contributed by atoms with Crippen molar-refractivity contribution in [1.82, 2.24) is 9.80 Å². The third kappa shape index (κ3) is 5.11. The minimum atomic E-state index is -4.67. The molecule has 1 saturated carbocycles. The molecule has 0 radical (unpaired) electrons. The van der Waals surface area contributed by atoms with E-state index in [9.17, 15) is 18.0 Å². The van der Waals surface area contributed by atoms with E-state index in [1.807, 2.05) is 11.9 Å². The van der Waals surface area contributed by atoms with Crippen molar-refractivity contribution in [3.63, 3.8) is 0 Å². The van der Waals surface area contributed by atoms with Gasteiger partial charge in [-0.05, 0) is 49.9 Å². The Balaban J connectivity index is 1.54. The molecular weight excluding hydrogens is 333 g/mol. The van der Waals surface area contributed by atoms with Crippen LogP contribution in [-0.4, -0.2) is 48.2 Å². The Bertz CT molecular complexity index is 599. The van der Waals surface area contributed by atoms with Crippen molar-refractivity contribution in [3.8, 4) is 5.75 Å². The number of halogens is 3. The highest BCUT2D eigenvalue weighted by Crippen LogP contribution is 2.32. The van der Waals surface area contributed by atoms with Crippen LogP contribution in [0.25, 0.3) is 0 Å². The molecule has 3 rings (SSSR count). The van der Waals surface area contributed by atoms with Crippen molar-refractivity contribution in [2.24, 2.45) is 5.92 Å². The van der Waals surface area contributed by atoms with Crippen LogP contribution >= 0.6 is 0 Å². The summed E-state index contributed by atoms with van der Waals surface area (Å²) in [5.41, 5.74) is 0.936. The zero-order valence-electron chi connectivity index (χ0n) is 14.3. The lowest BCUT2D eigenvalue weighted by atomic mass is 10.0. The summed E-state index contributed by atoms with van der Waals surface area (Å²) in [6.07, 6.45) is -0.635. The number of likely N-dealkylation sites (tertiary alicyclic amines) is 1. The smallest absolute Gasteiger partial charge is 0.406 e. The van der Waals surface area contributed by atoms with Crippen LogP contribution in [0.1, 0.15) is 31.2 Å².